The number of nitrogens with one attached hydrogen (secondary N) is 3. The van der Waals surface area contributed by atoms with E-state index in [1.807, 2.05) is 0 Å². The SMILES string of the molecule is N=C(NC(=O)C(F)(F)F)c1ccc(C(=O)NCC2COCCN2C(=O)c2cc(Cl)cc(Cl)c2)nc1. The molecule has 1 aromatic carbocycles. The minimum absolute atomic E-state index is 0.0275. The molecule has 1 aliphatic heterocycles. The van der Waals surface area contributed by atoms with Gasteiger partial charge in [0.15, 0.2) is 0 Å². The van der Waals surface area contributed by atoms with Gasteiger partial charge in [-0.2, -0.15) is 13.2 Å². The number of amidine groups is 1. The van der Waals surface area contributed by atoms with Crippen molar-refractivity contribution < 1.29 is 32.3 Å². The Bertz CT molecular complexity index is 1120. The van der Waals surface area contributed by atoms with Gasteiger partial charge >= 0.3 is 12.1 Å². The van der Waals surface area contributed by atoms with Gasteiger partial charge in [-0.1, -0.05) is 23.2 Å². The van der Waals surface area contributed by atoms with Crippen molar-refractivity contribution in [2.24, 2.45) is 0 Å². The number of benzene rings is 1. The molecule has 1 unspecified atom stereocenters. The van der Waals surface area contributed by atoms with E-state index < -0.39 is 29.9 Å². The third-order valence-corrected chi connectivity index (χ3v) is 5.31. The Balaban J connectivity index is 1.61. The fourth-order valence-electron chi connectivity index (χ4n) is 3.17. The second-order valence-electron chi connectivity index (χ2n) is 7.35. The molecule has 35 heavy (non-hydrogen) atoms. The van der Waals surface area contributed by atoms with E-state index in [1.165, 1.54) is 40.5 Å². The topological polar surface area (TPSA) is 124 Å². The fraction of sp³-hybridized carbons (Fsp3) is 0.286. The van der Waals surface area contributed by atoms with Crippen molar-refractivity contribution >= 4 is 46.8 Å². The van der Waals surface area contributed by atoms with Crippen molar-refractivity contribution in [1.82, 2.24) is 20.5 Å². The summed E-state index contributed by atoms with van der Waals surface area (Å²) in [5.74, 6) is -4.07. The molecule has 0 aliphatic carbocycles. The van der Waals surface area contributed by atoms with Crippen LogP contribution in [0.3, 0.4) is 0 Å². The summed E-state index contributed by atoms with van der Waals surface area (Å²) in [6.07, 6.45) is -4.16. The van der Waals surface area contributed by atoms with Crippen LogP contribution in [0.1, 0.15) is 26.4 Å². The lowest BCUT2D eigenvalue weighted by molar-refractivity contribution is -0.171. The molecule has 1 atom stereocenters. The number of aromatic nitrogens is 1. The van der Waals surface area contributed by atoms with Crippen molar-refractivity contribution in [2.75, 3.05) is 26.3 Å². The van der Waals surface area contributed by atoms with Gasteiger partial charge in [-0.25, -0.2) is 0 Å². The molecule has 2 heterocycles. The Morgan fingerprint density at radius 2 is 1.83 bits per heavy atom. The highest BCUT2D eigenvalue weighted by Crippen LogP contribution is 2.21. The number of alkyl halides is 3. The van der Waals surface area contributed by atoms with Crippen LogP contribution < -0.4 is 10.6 Å². The number of morpholine rings is 1. The summed E-state index contributed by atoms with van der Waals surface area (Å²) in [6.45, 7) is 0.787. The van der Waals surface area contributed by atoms with Gasteiger partial charge < -0.3 is 20.3 Å². The fourth-order valence-corrected chi connectivity index (χ4v) is 3.69. The molecule has 3 rings (SSSR count). The van der Waals surface area contributed by atoms with Crippen molar-refractivity contribution in [1.29, 1.82) is 5.41 Å². The largest absolute Gasteiger partial charge is 0.471 e. The zero-order valence-electron chi connectivity index (χ0n) is 17.8. The van der Waals surface area contributed by atoms with Crippen LogP contribution in [-0.4, -0.2) is 72.0 Å². The highest BCUT2D eigenvalue weighted by molar-refractivity contribution is 6.35. The summed E-state index contributed by atoms with van der Waals surface area (Å²) in [7, 11) is 0. The predicted molar refractivity (Wildman–Crippen MR) is 120 cm³/mol. The Morgan fingerprint density at radius 3 is 2.43 bits per heavy atom. The van der Waals surface area contributed by atoms with Gasteiger partial charge in [0.25, 0.3) is 11.8 Å². The normalized spacial score (nSPS) is 15.9. The van der Waals surface area contributed by atoms with Crippen molar-refractivity contribution in [2.45, 2.75) is 12.2 Å². The van der Waals surface area contributed by atoms with E-state index in [4.69, 9.17) is 33.3 Å². The molecule has 0 radical (unpaired) electrons. The maximum atomic E-state index is 13.0. The van der Waals surface area contributed by atoms with Gasteiger partial charge in [-0.15, -0.1) is 0 Å². The van der Waals surface area contributed by atoms with Crippen LogP contribution in [0.25, 0.3) is 0 Å². The number of hydrogen-bond donors (Lipinski definition) is 3. The number of ether oxygens (including phenoxy) is 1. The Labute approximate surface area is 207 Å². The third-order valence-electron chi connectivity index (χ3n) is 4.88. The Hall–Kier alpha value is -3.22. The third kappa shape index (κ3) is 6.90. The number of carbonyl (C=O) groups is 3. The minimum atomic E-state index is -5.14. The molecule has 0 saturated carbocycles. The maximum absolute atomic E-state index is 13.0. The number of rotatable bonds is 5. The summed E-state index contributed by atoms with van der Waals surface area (Å²) in [6, 6.07) is 6.34. The predicted octanol–water partition coefficient (Wildman–Crippen LogP) is 2.66. The van der Waals surface area contributed by atoms with Gasteiger partial charge in [0.05, 0.1) is 19.3 Å². The van der Waals surface area contributed by atoms with E-state index in [0.29, 0.717) is 16.7 Å². The lowest BCUT2D eigenvalue weighted by Crippen LogP contribution is -2.53. The van der Waals surface area contributed by atoms with Crippen molar-refractivity contribution in [3.05, 3.63) is 63.4 Å². The van der Waals surface area contributed by atoms with Crippen LogP contribution in [-0.2, 0) is 9.53 Å². The summed E-state index contributed by atoms with van der Waals surface area (Å²) in [4.78, 5) is 41.8. The minimum Gasteiger partial charge on any atom is -0.377 e. The lowest BCUT2D eigenvalue weighted by Gasteiger charge is -2.35. The van der Waals surface area contributed by atoms with E-state index in [0.717, 1.165) is 6.20 Å². The standard InChI is InChI=1S/C21H18Cl2F3N5O4/c22-13-5-12(6-14(23)7-13)19(33)31-3-4-35-10-15(31)9-29-18(32)16-2-1-11(8-28-16)17(27)30-20(34)21(24,25)26/h1-2,5-8,15H,3-4,9-10H2,(H,29,32)(H2,27,30,34). The molecule has 3 N–H and O–H groups in total. The average Bonchev–Trinajstić information content (AvgIpc) is 2.81. The lowest BCUT2D eigenvalue weighted by atomic mass is 10.1. The van der Waals surface area contributed by atoms with Crippen LogP contribution in [0.15, 0.2) is 36.5 Å². The molecule has 1 fully saturated rings. The monoisotopic (exact) mass is 531 g/mol. The van der Waals surface area contributed by atoms with E-state index >= 15 is 0 Å². The molecule has 1 saturated heterocycles. The molecule has 0 spiro atoms. The highest BCUT2D eigenvalue weighted by atomic mass is 35.5. The molecule has 1 aromatic heterocycles. The summed E-state index contributed by atoms with van der Waals surface area (Å²) >= 11 is 12.0. The molecule has 0 bridgehead atoms. The molecular weight excluding hydrogens is 514 g/mol. The molecule has 9 nitrogen and oxygen atoms in total. The second kappa shape index (κ2) is 11.0. The van der Waals surface area contributed by atoms with E-state index in [1.54, 1.807) is 0 Å². The first kappa shape index (κ1) is 26.4. The smallest absolute Gasteiger partial charge is 0.377 e. The zero-order chi connectivity index (χ0) is 25.8. The molecule has 186 valence electrons. The highest BCUT2D eigenvalue weighted by Gasteiger charge is 2.39. The number of hydrogen-bond acceptors (Lipinski definition) is 6. The van der Waals surface area contributed by atoms with E-state index in [-0.39, 0.29) is 42.4 Å². The van der Waals surface area contributed by atoms with Gasteiger partial charge in [0.2, 0.25) is 0 Å². The molecule has 1 aliphatic rings. The van der Waals surface area contributed by atoms with E-state index in [2.05, 4.69) is 10.3 Å². The molecule has 14 heteroatoms. The summed E-state index contributed by atoms with van der Waals surface area (Å²) in [5, 5.41) is 12.2. The first-order valence-corrected chi connectivity index (χ1v) is 10.8. The molecule has 3 amide bonds. The summed E-state index contributed by atoms with van der Waals surface area (Å²) < 4.78 is 42.4. The van der Waals surface area contributed by atoms with Gasteiger partial charge in [-0.05, 0) is 30.3 Å². The van der Waals surface area contributed by atoms with Gasteiger partial charge in [0, 0.05) is 40.5 Å². The molecule has 2 aromatic rings. The first-order chi connectivity index (χ1) is 16.5. The number of halogens is 5. The molecular formula is C21H18Cl2F3N5O4. The van der Waals surface area contributed by atoms with Crippen LogP contribution in [0, 0.1) is 5.41 Å². The number of pyridine rings is 1. The van der Waals surface area contributed by atoms with Crippen LogP contribution in [0.4, 0.5) is 13.2 Å². The maximum Gasteiger partial charge on any atom is 0.471 e. The van der Waals surface area contributed by atoms with Crippen LogP contribution in [0.2, 0.25) is 10.0 Å². The Kier molecular flexibility index (Phi) is 8.30. The van der Waals surface area contributed by atoms with Crippen molar-refractivity contribution in [3.63, 3.8) is 0 Å². The number of carbonyl (C=O) groups excluding carboxylic acids is 3. The van der Waals surface area contributed by atoms with Gasteiger partial charge in [0.1, 0.15) is 11.5 Å². The van der Waals surface area contributed by atoms with Gasteiger partial charge in [-0.3, -0.25) is 24.8 Å². The summed E-state index contributed by atoms with van der Waals surface area (Å²) in [5.41, 5.74) is 0.0785. The van der Waals surface area contributed by atoms with Crippen LogP contribution in [0.5, 0.6) is 0 Å². The number of amides is 3. The first-order valence-electron chi connectivity index (χ1n) is 10.0. The number of nitrogens with zero attached hydrogens (tertiary/aromatic N) is 2. The zero-order valence-corrected chi connectivity index (χ0v) is 19.3. The van der Waals surface area contributed by atoms with E-state index in [9.17, 15) is 27.6 Å². The van der Waals surface area contributed by atoms with Crippen LogP contribution >= 0.6 is 23.2 Å². The average molecular weight is 532 g/mol. The Morgan fingerprint density at radius 1 is 1.14 bits per heavy atom. The van der Waals surface area contributed by atoms with Crippen molar-refractivity contribution in [3.8, 4) is 0 Å². The second-order valence-corrected chi connectivity index (χ2v) is 8.23. The quantitative estimate of drug-likeness (QED) is 0.404.